The average Bonchev–Trinajstić information content (AvgIpc) is 2.43. The van der Waals surface area contributed by atoms with Crippen LogP contribution in [0.15, 0.2) is 0 Å². The maximum atomic E-state index is 11.6. The van der Waals surface area contributed by atoms with E-state index in [0.29, 0.717) is 5.75 Å². The van der Waals surface area contributed by atoms with Crippen molar-refractivity contribution in [3.05, 3.63) is 0 Å². The first-order chi connectivity index (χ1) is 9.61. The summed E-state index contributed by atoms with van der Waals surface area (Å²) in [5.41, 5.74) is 0. The lowest BCUT2D eigenvalue weighted by Gasteiger charge is -2.15. The van der Waals surface area contributed by atoms with Crippen molar-refractivity contribution in [2.75, 3.05) is 17.4 Å². The number of nitrogens with one attached hydrogen (secondary N) is 1. The molecule has 1 atom stereocenters. The summed E-state index contributed by atoms with van der Waals surface area (Å²) in [5, 5.41) is 2.66. The number of alkyl halides is 1. The van der Waals surface area contributed by atoms with Gasteiger partial charge >= 0.3 is 0 Å². The van der Waals surface area contributed by atoms with E-state index in [2.05, 4.69) is 12.2 Å². The number of rotatable bonds is 13. The van der Waals surface area contributed by atoms with E-state index >= 15 is 0 Å². The summed E-state index contributed by atoms with van der Waals surface area (Å²) in [7, 11) is 0. The van der Waals surface area contributed by atoms with E-state index in [4.69, 9.17) is 11.6 Å². The summed E-state index contributed by atoms with van der Waals surface area (Å²) in [6.45, 7) is 3.65. The minimum atomic E-state index is -0.431. The molecule has 5 heteroatoms. The lowest BCUT2D eigenvalue weighted by Crippen LogP contribution is -2.42. The predicted octanol–water partition coefficient (Wildman–Crippen LogP) is 3.78. The standard InChI is InChI=1S/C15H28ClNO2S/c1-3-4-5-6-7-8-9-10-20-12-14(15(19)11-16)17-13(2)18/h14H,3-12H2,1-2H3,(H,17,18). The third-order valence-corrected chi connectivity index (χ3v) is 4.48. The molecular formula is C15H28ClNO2S. The molecule has 118 valence electrons. The van der Waals surface area contributed by atoms with E-state index in [-0.39, 0.29) is 17.6 Å². The fraction of sp³-hybridized carbons (Fsp3) is 0.867. The number of carbonyl (C=O) groups is 2. The normalized spacial score (nSPS) is 12.2. The van der Waals surface area contributed by atoms with Crippen LogP contribution in [-0.2, 0) is 9.59 Å². The highest BCUT2D eigenvalue weighted by Gasteiger charge is 2.17. The van der Waals surface area contributed by atoms with Crippen molar-refractivity contribution in [1.82, 2.24) is 5.32 Å². The van der Waals surface area contributed by atoms with E-state index < -0.39 is 6.04 Å². The molecule has 0 rings (SSSR count). The molecule has 1 unspecified atom stereocenters. The van der Waals surface area contributed by atoms with Crippen LogP contribution in [0.25, 0.3) is 0 Å². The van der Waals surface area contributed by atoms with Crippen molar-refractivity contribution in [1.29, 1.82) is 0 Å². The SMILES string of the molecule is CCCCCCCCCSCC(NC(C)=O)C(=O)CCl. The van der Waals surface area contributed by atoms with Gasteiger partial charge in [0.25, 0.3) is 0 Å². The van der Waals surface area contributed by atoms with Crippen LogP contribution in [0.5, 0.6) is 0 Å². The third kappa shape index (κ3) is 11.6. The number of unbranched alkanes of at least 4 members (excludes halogenated alkanes) is 6. The van der Waals surface area contributed by atoms with Crippen LogP contribution in [0.2, 0.25) is 0 Å². The minimum absolute atomic E-state index is 0.0388. The molecule has 0 aromatic carbocycles. The number of carbonyl (C=O) groups excluding carboxylic acids is 2. The molecule has 0 saturated carbocycles. The first kappa shape index (κ1) is 19.8. The predicted molar refractivity (Wildman–Crippen MR) is 88.6 cm³/mol. The van der Waals surface area contributed by atoms with Gasteiger partial charge in [-0.25, -0.2) is 0 Å². The van der Waals surface area contributed by atoms with Gasteiger partial charge in [0.2, 0.25) is 5.91 Å². The highest BCUT2D eigenvalue weighted by molar-refractivity contribution is 7.99. The fourth-order valence-electron chi connectivity index (χ4n) is 1.92. The Morgan fingerprint density at radius 1 is 1.10 bits per heavy atom. The zero-order chi connectivity index (χ0) is 15.2. The Morgan fingerprint density at radius 2 is 1.70 bits per heavy atom. The summed E-state index contributed by atoms with van der Waals surface area (Å²) in [5.74, 6) is 1.35. The lowest BCUT2D eigenvalue weighted by molar-refractivity contribution is -0.124. The number of halogens is 1. The van der Waals surface area contributed by atoms with Crippen molar-refractivity contribution >= 4 is 35.1 Å². The number of hydrogen-bond donors (Lipinski definition) is 1. The van der Waals surface area contributed by atoms with Crippen molar-refractivity contribution < 1.29 is 9.59 Å². The molecule has 0 heterocycles. The Bertz CT molecular complexity index is 275. The van der Waals surface area contributed by atoms with Crippen LogP contribution >= 0.6 is 23.4 Å². The van der Waals surface area contributed by atoms with Crippen LogP contribution in [0, 0.1) is 0 Å². The number of thioether (sulfide) groups is 1. The summed E-state index contributed by atoms with van der Waals surface area (Å²) >= 11 is 7.26. The number of Topliss-reactive ketones (excluding diaryl/α,β-unsaturated/α-hetero) is 1. The Kier molecular flexibility index (Phi) is 13.6. The summed E-state index contributed by atoms with van der Waals surface area (Å²) in [6.07, 6.45) is 9.04. The fourth-order valence-corrected chi connectivity index (χ4v) is 3.18. The van der Waals surface area contributed by atoms with E-state index in [1.165, 1.54) is 51.9 Å². The van der Waals surface area contributed by atoms with Gasteiger partial charge in [-0.2, -0.15) is 11.8 Å². The van der Waals surface area contributed by atoms with Crippen LogP contribution in [0.1, 0.15) is 58.8 Å². The van der Waals surface area contributed by atoms with Crippen LogP contribution < -0.4 is 5.32 Å². The first-order valence-electron chi connectivity index (χ1n) is 7.55. The largest absolute Gasteiger partial charge is 0.346 e. The molecule has 0 fully saturated rings. The van der Waals surface area contributed by atoms with E-state index in [0.717, 1.165) is 5.75 Å². The van der Waals surface area contributed by atoms with Gasteiger partial charge in [0.1, 0.15) is 0 Å². The van der Waals surface area contributed by atoms with Gasteiger partial charge in [0, 0.05) is 12.7 Å². The highest BCUT2D eigenvalue weighted by Crippen LogP contribution is 2.12. The van der Waals surface area contributed by atoms with Gasteiger partial charge in [-0.05, 0) is 12.2 Å². The lowest BCUT2D eigenvalue weighted by atomic mass is 10.1. The molecule has 0 saturated heterocycles. The van der Waals surface area contributed by atoms with Crippen LogP contribution in [0.3, 0.4) is 0 Å². The summed E-state index contributed by atoms with van der Waals surface area (Å²) in [6, 6.07) is -0.431. The Labute approximate surface area is 132 Å². The molecule has 1 amide bonds. The molecule has 0 radical (unpaired) electrons. The van der Waals surface area contributed by atoms with Gasteiger partial charge < -0.3 is 5.32 Å². The monoisotopic (exact) mass is 321 g/mol. The van der Waals surface area contributed by atoms with Crippen LogP contribution in [0.4, 0.5) is 0 Å². The second kappa shape index (κ2) is 13.7. The average molecular weight is 322 g/mol. The number of hydrogen-bond acceptors (Lipinski definition) is 3. The molecule has 20 heavy (non-hydrogen) atoms. The van der Waals surface area contributed by atoms with Crippen molar-refractivity contribution in [3.8, 4) is 0 Å². The minimum Gasteiger partial charge on any atom is -0.346 e. The molecule has 0 aliphatic carbocycles. The topological polar surface area (TPSA) is 46.2 Å². The number of amides is 1. The van der Waals surface area contributed by atoms with E-state index in [1.807, 2.05) is 0 Å². The third-order valence-electron chi connectivity index (χ3n) is 3.07. The molecule has 1 N–H and O–H groups in total. The highest BCUT2D eigenvalue weighted by atomic mass is 35.5. The summed E-state index contributed by atoms with van der Waals surface area (Å²) < 4.78 is 0. The Balaban J connectivity index is 3.58. The number of ketones is 1. The molecule has 0 bridgehead atoms. The van der Waals surface area contributed by atoms with Gasteiger partial charge in [0.15, 0.2) is 5.78 Å². The van der Waals surface area contributed by atoms with E-state index in [1.54, 1.807) is 11.8 Å². The van der Waals surface area contributed by atoms with Gasteiger partial charge in [-0.3, -0.25) is 9.59 Å². The first-order valence-corrected chi connectivity index (χ1v) is 9.24. The van der Waals surface area contributed by atoms with Gasteiger partial charge in [-0.15, -0.1) is 11.6 Å². The van der Waals surface area contributed by atoms with Crippen molar-refractivity contribution in [3.63, 3.8) is 0 Å². The molecule has 0 spiro atoms. The quantitative estimate of drug-likeness (QED) is 0.415. The van der Waals surface area contributed by atoms with E-state index in [9.17, 15) is 9.59 Å². The van der Waals surface area contributed by atoms with Crippen molar-refractivity contribution in [2.24, 2.45) is 0 Å². The zero-order valence-electron chi connectivity index (χ0n) is 12.8. The molecule has 0 aliphatic rings. The maximum absolute atomic E-state index is 11.6. The molecule has 0 aromatic heterocycles. The second-order valence-corrected chi connectivity index (χ2v) is 6.47. The van der Waals surface area contributed by atoms with Crippen molar-refractivity contribution in [2.45, 2.75) is 64.8 Å². The smallest absolute Gasteiger partial charge is 0.217 e. The molecule has 3 nitrogen and oxygen atoms in total. The summed E-state index contributed by atoms with van der Waals surface area (Å²) in [4.78, 5) is 22.6. The van der Waals surface area contributed by atoms with Gasteiger partial charge in [0.05, 0.1) is 11.9 Å². The van der Waals surface area contributed by atoms with Crippen LogP contribution in [-0.4, -0.2) is 35.1 Å². The second-order valence-electron chi connectivity index (χ2n) is 5.05. The zero-order valence-corrected chi connectivity index (χ0v) is 14.3. The maximum Gasteiger partial charge on any atom is 0.217 e. The Morgan fingerprint density at radius 3 is 2.25 bits per heavy atom. The van der Waals surface area contributed by atoms with Gasteiger partial charge in [-0.1, -0.05) is 45.4 Å². The molecule has 0 aromatic rings. The Hall–Kier alpha value is -0.220. The molecule has 0 aliphatic heterocycles. The molecular weight excluding hydrogens is 294 g/mol.